The van der Waals surface area contributed by atoms with Crippen LogP contribution in [-0.2, 0) is 16.6 Å². The van der Waals surface area contributed by atoms with Crippen LogP contribution < -0.4 is 9.46 Å². The highest BCUT2D eigenvalue weighted by atomic mass is 32.2. The Morgan fingerprint density at radius 2 is 2.10 bits per heavy atom. The summed E-state index contributed by atoms with van der Waals surface area (Å²) in [6, 6.07) is 9.97. The molecular formula is C14H14N2O4S. The van der Waals surface area contributed by atoms with Crippen molar-refractivity contribution in [1.29, 1.82) is 0 Å². The second kappa shape index (κ2) is 6.36. The van der Waals surface area contributed by atoms with E-state index in [1.165, 1.54) is 12.1 Å². The summed E-state index contributed by atoms with van der Waals surface area (Å²) in [7, 11) is -3.59. The van der Waals surface area contributed by atoms with Crippen LogP contribution in [-0.4, -0.2) is 25.6 Å². The van der Waals surface area contributed by atoms with Gasteiger partial charge in [-0.05, 0) is 24.3 Å². The van der Waals surface area contributed by atoms with Gasteiger partial charge in [-0.25, -0.2) is 13.1 Å². The smallest absolute Gasteiger partial charge is 0.264 e. The molecule has 2 rings (SSSR count). The van der Waals surface area contributed by atoms with E-state index < -0.39 is 15.9 Å². The minimum absolute atomic E-state index is 0.212. The molecule has 0 atom stereocenters. The molecule has 0 bridgehead atoms. The molecule has 0 unspecified atom stereocenters. The van der Waals surface area contributed by atoms with Gasteiger partial charge in [0.2, 0.25) is 10.0 Å². The van der Waals surface area contributed by atoms with Gasteiger partial charge >= 0.3 is 0 Å². The van der Waals surface area contributed by atoms with Crippen LogP contribution in [0.4, 0.5) is 0 Å². The Labute approximate surface area is 122 Å². The number of aromatic nitrogens is 1. The number of sulfonamides is 1. The lowest BCUT2D eigenvalue weighted by atomic mass is 10.2. The van der Waals surface area contributed by atoms with Gasteiger partial charge in [-0.3, -0.25) is 9.78 Å². The van der Waals surface area contributed by atoms with E-state index in [0.29, 0.717) is 12.4 Å². The molecule has 0 aliphatic heterocycles. The maximum atomic E-state index is 11.7. The summed E-state index contributed by atoms with van der Waals surface area (Å²) in [6.45, 7) is 0.311. The number of pyridine rings is 1. The standard InChI is InChI=1S/C14H14N2O4S/c1-21(18,19)16-14(17)12-5-2-6-13(8-12)20-10-11-4-3-7-15-9-11/h2-9H,10H2,1H3,(H,16,17). The number of ether oxygens (including phenoxy) is 1. The van der Waals surface area contributed by atoms with Crippen molar-refractivity contribution in [3.8, 4) is 5.75 Å². The Hall–Kier alpha value is -2.41. The first-order valence-electron chi connectivity index (χ1n) is 6.08. The molecule has 0 saturated heterocycles. The molecular weight excluding hydrogens is 292 g/mol. The molecule has 1 aromatic carbocycles. The lowest BCUT2D eigenvalue weighted by molar-refractivity contribution is 0.0981. The predicted octanol–water partition coefficient (Wildman–Crippen LogP) is 1.35. The van der Waals surface area contributed by atoms with Crippen molar-refractivity contribution in [3.05, 3.63) is 59.9 Å². The van der Waals surface area contributed by atoms with Crippen molar-refractivity contribution < 1.29 is 17.9 Å². The molecule has 0 fully saturated rings. The monoisotopic (exact) mass is 306 g/mol. The summed E-state index contributed by atoms with van der Waals surface area (Å²) in [5.74, 6) is -0.218. The van der Waals surface area contributed by atoms with Crippen molar-refractivity contribution in [3.63, 3.8) is 0 Å². The zero-order chi connectivity index (χ0) is 15.3. The minimum Gasteiger partial charge on any atom is -0.489 e. The molecule has 0 aliphatic carbocycles. The van der Waals surface area contributed by atoms with Crippen molar-refractivity contribution in [2.45, 2.75) is 6.61 Å². The van der Waals surface area contributed by atoms with Gasteiger partial charge in [0.05, 0.1) is 6.26 Å². The molecule has 2 aromatic rings. The van der Waals surface area contributed by atoms with Gasteiger partial charge < -0.3 is 4.74 Å². The van der Waals surface area contributed by atoms with Crippen LogP contribution >= 0.6 is 0 Å². The topological polar surface area (TPSA) is 85.4 Å². The van der Waals surface area contributed by atoms with E-state index >= 15 is 0 Å². The van der Waals surface area contributed by atoms with Crippen molar-refractivity contribution >= 4 is 15.9 Å². The second-order valence-electron chi connectivity index (χ2n) is 4.38. The number of nitrogens with zero attached hydrogens (tertiary/aromatic N) is 1. The van der Waals surface area contributed by atoms with E-state index in [4.69, 9.17) is 4.74 Å². The molecule has 1 N–H and O–H groups in total. The molecule has 1 aromatic heterocycles. The van der Waals surface area contributed by atoms with Crippen LogP contribution in [0.2, 0.25) is 0 Å². The van der Waals surface area contributed by atoms with Gasteiger partial charge in [-0.1, -0.05) is 12.1 Å². The summed E-state index contributed by atoms with van der Waals surface area (Å²) in [5.41, 5.74) is 1.10. The number of hydrogen-bond acceptors (Lipinski definition) is 5. The van der Waals surface area contributed by atoms with E-state index in [-0.39, 0.29) is 5.56 Å². The fourth-order valence-electron chi connectivity index (χ4n) is 1.60. The first-order chi connectivity index (χ1) is 9.94. The molecule has 0 radical (unpaired) electrons. The zero-order valence-corrected chi connectivity index (χ0v) is 12.1. The Balaban J connectivity index is 2.06. The third-order valence-corrected chi connectivity index (χ3v) is 3.06. The zero-order valence-electron chi connectivity index (χ0n) is 11.3. The van der Waals surface area contributed by atoms with Crippen LogP contribution in [0.5, 0.6) is 5.75 Å². The first kappa shape index (κ1) is 15.0. The maximum absolute atomic E-state index is 11.7. The van der Waals surface area contributed by atoms with Crippen LogP contribution in [0.3, 0.4) is 0 Å². The Morgan fingerprint density at radius 3 is 2.76 bits per heavy atom. The summed E-state index contributed by atoms with van der Waals surface area (Å²) >= 11 is 0. The molecule has 1 heterocycles. The van der Waals surface area contributed by atoms with Crippen LogP contribution in [0.25, 0.3) is 0 Å². The van der Waals surface area contributed by atoms with Gasteiger partial charge in [0.15, 0.2) is 0 Å². The van der Waals surface area contributed by atoms with Crippen molar-refractivity contribution in [1.82, 2.24) is 9.71 Å². The van der Waals surface area contributed by atoms with Gasteiger partial charge in [0, 0.05) is 23.5 Å². The number of rotatable bonds is 5. The van der Waals surface area contributed by atoms with E-state index in [1.54, 1.807) is 30.6 Å². The predicted molar refractivity (Wildman–Crippen MR) is 77.3 cm³/mol. The second-order valence-corrected chi connectivity index (χ2v) is 6.13. The van der Waals surface area contributed by atoms with Crippen LogP contribution in [0, 0.1) is 0 Å². The van der Waals surface area contributed by atoms with E-state index in [9.17, 15) is 13.2 Å². The fourth-order valence-corrected chi connectivity index (χ4v) is 2.06. The number of hydrogen-bond donors (Lipinski definition) is 1. The SMILES string of the molecule is CS(=O)(=O)NC(=O)c1cccc(OCc2cccnc2)c1. The largest absolute Gasteiger partial charge is 0.489 e. The highest BCUT2D eigenvalue weighted by Crippen LogP contribution is 2.15. The summed E-state index contributed by atoms with van der Waals surface area (Å²) in [6.07, 6.45) is 4.27. The number of nitrogens with one attached hydrogen (secondary N) is 1. The molecule has 6 nitrogen and oxygen atoms in total. The number of carbonyl (C=O) groups is 1. The first-order valence-corrected chi connectivity index (χ1v) is 7.97. The Morgan fingerprint density at radius 1 is 1.29 bits per heavy atom. The van der Waals surface area contributed by atoms with Gasteiger partial charge in [0.25, 0.3) is 5.91 Å². The molecule has 1 amide bonds. The minimum atomic E-state index is -3.59. The van der Waals surface area contributed by atoms with E-state index in [1.807, 2.05) is 10.8 Å². The van der Waals surface area contributed by atoms with Crippen molar-refractivity contribution in [2.75, 3.05) is 6.26 Å². The third-order valence-electron chi connectivity index (χ3n) is 2.50. The molecule has 21 heavy (non-hydrogen) atoms. The molecule has 7 heteroatoms. The van der Waals surface area contributed by atoms with E-state index in [2.05, 4.69) is 4.98 Å². The fraction of sp³-hybridized carbons (Fsp3) is 0.143. The van der Waals surface area contributed by atoms with Gasteiger partial charge in [0.1, 0.15) is 12.4 Å². The lowest BCUT2D eigenvalue weighted by Crippen LogP contribution is -2.29. The average Bonchev–Trinajstić information content (AvgIpc) is 2.45. The maximum Gasteiger partial charge on any atom is 0.264 e. The van der Waals surface area contributed by atoms with Gasteiger partial charge in [-0.2, -0.15) is 0 Å². The number of amides is 1. The van der Waals surface area contributed by atoms with E-state index in [0.717, 1.165) is 11.8 Å². The van der Waals surface area contributed by atoms with Crippen molar-refractivity contribution in [2.24, 2.45) is 0 Å². The number of benzene rings is 1. The lowest BCUT2D eigenvalue weighted by Gasteiger charge is -2.08. The molecule has 110 valence electrons. The summed E-state index contributed by atoms with van der Waals surface area (Å²) in [5, 5.41) is 0. The Kier molecular flexibility index (Phi) is 4.54. The number of carbonyl (C=O) groups excluding carboxylic acids is 1. The van der Waals surface area contributed by atoms with Crippen LogP contribution in [0.1, 0.15) is 15.9 Å². The molecule has 0 spiro atoms. The van der Waals surface area contributed by atoms with Crippen LogP contribution in [0.15, 0.2) is 48.8 Å². The average molecular weight is 306 g/mol. The highest BCUT2D eigenvalue weighted by Gasteiger charge is 2.11. The quantitative estimate of drug-likeness (QED) is 0.901. The summed E-state index contributed by atoms with van der Waals surface area (Å²) in [4.78, 5) is 15.7. The summed E-state index contributed by atoms with van der Waals surface area (Å²) < 4.78 is 29.5. The Bertz CT molecular complexity index is 730. The normalized spacial score (nSPS) is 10.9. The molecule has 0 saturated carbocycles. The molecule has 0 aliphatic rings. The highest BCUT2D eigenvalue weighted by molar-refractivity contribution is 7.89. The third kappa shape index (κ3) is 4.88. The van der Waals surface area contributed by atoms with Gasteiger partial charge in [-0.15, -0.1) is 0 Å².